The van der Waals surface area contributed by atoms with Gasteiger partial charge in [-0.1, -0.05) is 78.9 Å². The number of carbonyl (C=O) groups is 3. The van der Waals surface area contributed by atoms with Crippen molar-refractivity contribution in [3.05, 3.63) is 125 Å². The summed E-state index contributed by atoms with van der Waals surface area (Å²) in [5, 5.41) is 6.30. The summed E-state index contributed by atoms with van der Waals surface area (Å²) < 4.78 is 6.41. The van der Waals surface area contributed by atoms with Crippen molar-refractivity contribution < 1.29 is 19.1 Å². The number of amides is 4. The van der Waals surface area contributed by atoms with Gasteiger partial charge in [-0.05, 0) is 70.8 Å². The summed E-state index contributed by atoms with van der Waals surface area (Å²) in [6.45, 7) is 4.22. The second-order valence-corrected chi connectivity index (χ2v) is 9.87. The van der Waals surface area contributed by atoms with Crippen LogP contribution in [-0.4, -0.2) is 17.8 Å². The van der Waals surface area contributed by atoms with Gasteiger partial charge in [0.1, 0.15) is 17.9 Å². The summed E-state index contributed by atoms with van der Waals surface area (Å²) in [6, 6.07) is 30.1. The number of urea groups is 1. The van der Waals surface area contributed by atoms with Crippen molar-refractivity contribution in [1.82, 2.24) is 5.32 Å². The monoisotopic (exact) mass is 526 g/mol. The first-order valence-electron chi connectivity index (χ1n) is 13.0. The lowest BCUT2D eigenvalue weighted by Gasteiger charge is -2.26. The number of hydrogen-bond acceptors (Lipinski definition) is 4. The molecule has 0 aliphatic carbocycles. The van der Waals surface area contributed by atoms with E-state index in [2.05, 4.69) is 36.5 Å². The summed E-state index contributed by atoms with van der Waals surface area (Å²) >= 11 is 0. The zero-order valence-corrected chi connectivity index (χ0v) is 22.1. The van der Waals surface area contributed by atoms with Crippen LogP contribution in [0.25, 0.3) is 27.6 Å². The lowest BCUT2D eigenvalue weighted by atomic mass is 9.99. The summed E-state index contributed by atoms with van der Waals surface area (Å²) in [5.74, 6) is -0.913. The minimum atomic E-state index is -0.779. The Bertz CT molecular complexity index is 1870. The number of nitrogens with zero attached hydrogens (tertiary/aromatic N) is 1. The van der Waals surface area contributed by atoms with Crippen LogP contribution in [-0.2, 0) is 16.2 Å². The molecule has 5 aromatic carbocycles. The molecule has 1 aliphatic heterocycles. The molecule has 0 spiro atoms. The number of benzene rings is 5. The molecule has 1 saturated heterocycles. The number of imide groups is 2. The van der Waals surface area contributed by atoms with E-state index in [0.29, 0.717) is 23.6 Å². The number of carbonyl (C=O) groups excluding carboxylic acids is 3. The molecular weight excluding hydrogens is 500 g/mol. The second-order valence-electron chi connectivity index (χ2n) is 9.87. The van der Waals surface area contributed by atoms with Crippen LogP contribution in [0.15, 0.2) is 103 Å². The molecule has 6 rings (SSSR count). The number of anilines is 1. The topological polar surface area (TPSA) is 75.7 Å². The van der Waals surface area contributed by atoms with Crippen LogP contribution >= 0.6 is 0 Å². The molecule has 5 aromatic rings. The van der Waals surface area contributed by atoms with E-state index in [4.69, 9.17) is 4.74 Å². The predicted octanol–water partition coefficient (Wildman–Crippen LogP) is 6.86. The lowest BCUT2D eigenvalue weighted by Crippen LogP contribution is -2.54. The van der Waals surface area contributed by atoms with Crippen molar-refractivity contribution in [2.45, 2.75) is 20.5 Å². The largest absolute Gasteiger partial charge is 0.488 e. The zero-order chi connectivity index (χ0) is 27.8. The van der Waals surface area contributed by atoms with E-state index in [1.54, 1.807) is 18.2 Å². The van der Waals surface area contributed by atoms with Gasteiger partial charge in [-0.3, -0.25) is 14.9 Å². The van der Waals surface area contributed by atoms with E-state index < -0.39 is 17.8 Å². The minimum absolute atomic E-state index is 0.149. The van der Waals surface area contributed by atoms with Gasteiger partial charge in [0, 0.05) is 11.1 Å². The lowest BCUT2D eigenvalue weighted by molar-refractivity contribution is -0.122. The number of fused-ring (bicyclic) bond motifs is 2. The van der Waals surface area contributed by atoms with E-state index in [1.807, 2.05) is 61.5 Å². The zero-order valence-electron chi connectivity index (χ0n) is 22.1. The maximum Gasteiger partial charge on any atom is 0.335 e. The van der Waals surface area contributed by atoms with Gasteiger partial charge in [-0.2, -0.15) is 0 Å². The standard InChI is InChI=1S/C34H26N2O4/c1-21-8-7-11-25(18-21)36-33(38)29(32(37)35-34(36)39)19-28-26-12-5-3-10-24(26)16-17-31(28)40-20-30-22(2)14-15-23-9-4-6-13-27(23)30/h3-19H,20H2,1-2H3,(H,35,37,39)/b29-19+. The van der Waals surface area contributed by atoms with Crippen molar-refractivity contribution >= 4 is 51.2 Å². The van der Waals surface area contributed by atoms with E-state index in [1.165, 1.54) is 6.08 Å². The summed E-state index contributed by atoms with van der Waals surface area (Å²) in [4.78, 5) is 40.3. The summed E-state index contributed by atoms with van der Waals surface area (Å²) in [5.41, 5.74) is 3.88. The highest BCUT2D eigenvalue weighted by molar-refractivity contribution is 6.39. The van der Waals surface area contributed by atoms with Gasteiger partial charge in [-0.15, -0.1) is 0 Å². The van der Waals surface area contributed by atoms with Crippen LogP contribution in [0.4, 0.5) is 10.5 Å². The van der Waals surface area contributed by atoms with Crippen LogP contribution in [0.5, 0.6) is 5.75 Å². The van der Waals surface area contributed by atoms with E-state index in [9.17, 15) is 14.4 Å². The Kier molecular flexibility index (Phi) is 6.36. The fraction of sp³-hybridized carbons (Fsp3) is 0.0882. The molecule has 4 amide bonds. The van der Waals surface area contributed by atoms with Crippen LogP contribution in [0.2, 0.25) is 0 Å². The van der Waals surface area contributed by atoms with Crippen molar-refractivity contribution in [3.63, 3.8) is 0 Å². The average Bonchev–Trinajstić information content (AvgIpc) is 2.95. The van der Waals surface area contributed by atoms with Gasteiger partial charge in [-0.25, -0.2) is 9.69 Å². The number of barbiturate groups is 1. The van der Waals surface area contributed by atoms with E-state index in [0.717, 1.165) is 43.1 Å². The minimum Gasteiger partial charge on any atom is -0.488 e. The molecule has 196 valence electrons. The Morgan fingerprint density at radius 1 is 0.775 bits per heavy atom. The first-order valence-corrected chi connectivity index (χ1v) is 13.0. The normalized spacial score (nSPS) is 14.7. The molecule has 1 fully saturated rings. The highest BCUT2D eigenvalue weighted by Gasteiger charge is 2.37. The molecule has 0 aromatic heterocycles. The van der Waals surface area contributed by atoms with E-state index >= 15 is 0 Å². The Balaban J connectivity index is 1.44. The van der Waals surface area contributed by atoms with Gasteiger partial charge < -0.3 is 4.74 Å². The number of hydrogen-bond donors (Lipinski definition) is 1. The first-order chi connectivity index (χ1) is 19.4. The van der Waals surface area contributed by atoms with E-state index in [-0.39, 0.29) is 5.57 Å². The second kappa shape index (κ2) is 10.2. The fourth-order valence-corrected chi connectivity index (χ4v) is 5.14. The van der Waals surface area contributed by atoms with Gasteiger partial charge in [0.25, 0.3) is 11.8 Å². The van der Waals surface area contributed by atoms with Crippen molar-refractivity contribution in [1.29, 1.82) is 0 Å². The van der Waals surface area contributed by atoms with Crippen molar-refractivity contribution in [3.8, 4) is 5.75 Å². The molecule has 0 saturated carbocycles. The third-order valence-corrected chi connectivity index (χ3v) is 7.23. The number of aryl methyl sites for hydroxylation is 2. The fourth-order valence-electron chi connectivity index (χ4n) is 5.14. The average molecular weight is 527 g/mol. The van der Waals surface area contributed by atoms with Gasteiger partial charge >= 0.3 is 6.03 Å². The molecule has 40 heavy (non-hydrogen) atoms. The summed E-state index contributed by atoms with van der Waals surface area (Å²) in [6.07, 6.45) is 1.53. The maximum atomic E-state index is 13.6. The predicted molar refractivity (Wildman–Crippen MR) is 157 cm³/mol. The molecule has 0 radical (unpaired) electrons. The maximum absolute atomic E-state index is 13.6. The molecule has 1 aliphatic rings. The number of nitrogens with one attached hydrogen (secondary N) is 1. The van der Waals surface area contributed by atoms with Crippen LogP contribution in [0, 0.1) is 13.8 Å². The summed E-state index contributed by atoms with van der Waals surface area (Å²) in [7, 11) is 0. The molecule has 0 atom stereocenters. The van der Waals surface area contributed by atoms with Gasteiger partial charge in [0.05, 0.1) is 5.69 Å². The third kappa shape index (κ3) is 4.50. The molecule has 1 N–H and O–H groups in total. The molecule has 0 bridgehead atoms. The molecule has 6 nitrogen and oxygen atoms in total. The highest BCUT2D eigenvalue weighted by Crippen LogP contribution is 2.33. The van der Waals surface area contributed by atoms with Gasteiger partial charge in [0.15, 0.2) is 0 Å². The van der Waals surface area contributed by atoms with Gasteiger partial charge in [0.2, 0.25) is 0 Å². The number of ether oxygens (including phenoxy) is 1. The first kappa shape index (κ1) is 25.1. The molecule has 0 unspecified atom stereocenters. The molecule has 1 heterocycles. The quantitative estimate of drug-likeness (QED) is 0.201. The van der Waals surface area contributed by atoms with Crippen molar-refractivity contribution in [2.75, 3.05) is 4.90 Å². The Morgan fingerprint density at radius 3 is 2.25 bits per heavy atom. The number of rotatable bonds is 5. The van der Waals surface area contributed by atoms with Crippen molar-refractivity contribution in [2.24, 2.45) is 0 Å². The van der Waals surface area contributed by atoms with Crippen LogP contribution < -0.4 is 15.0 Å². The smallest absolute Gasteiger partial charge is 0.335 e. The van der Waals surface area contributed by atoms with Crippen LogP contribution in [0.3, 0.4) is 0 Å². The molecular formula is C34H26N2O4. The molecule has 6 heteroatoms. The SMILES string of the molecule is Cc1cccc(N2C(=O)NC(=O)/C(=C\c3c(OCc4c(C)ccc5ccccc45)ccc4ccccc34)C2=O)c1. The third-order valence-electron chi connectivity index (χ3n) is 7.23. The van der Waals surface area contributed by atoms with Crippen LogP contribution in [0.1, 0.15) is 22.3 Å². The Hall–Kier alpha value is -5.23. The Labute approximate surface area is 231 Å². The Morgan fingerprint density at radius 2 is 1.48 bits per heavy atom. The highest BCUT2D eigenvalue weighted by atomic mass is 16.5.